The van der Waals surface area contributed by atoms with Gasteiger partial charge in [-0.3, -0.25) is 0 Å². The highest BCUT2D eigenvalue weighted by Gasteiger charge is 2.29. The first-order valence-electron chi connectivity index (χ1n) is 6.85. The maximum atomic E-state index is 12.2. The Hall–Kier alpha value is -0.730. The lowest BCUT2D eigenvalue weighted by Gasteiger charge is -2.31. The maximum Gasteiger partial charge on any atom is 0.320 e. The topological polar surface area (TPSA) is 23.6 Å². The van der Waals surface area contributed by atoms with Gasteiger partial charge in [-0.15, -0.1) is 0 Å². The number of carbonyl (C=O) groups is 1. The minimum atomic E-state index is 0.304. The number of likely N-dealkylation sites (tertiary alicyclic amines) is 2. The summed E-state index contributed by atoms with van der Waals surface area (Å²) in [5.74, 6) is 0.763. The van der Waals surface area contributed by atoms with E-state index in [2.05, 4.69) is 16.7 Å². The molecule has 0 aromatic rings. The van der Waals surface area contributed by atoms with E-state index < -0.39 is 0 Å². The zero-order chi connectivity index (χ0) is 11.4. The number of hydrogen-bond donors (Lipinski definition) is 0. The monoisotopic (exact) mass is 224 g/mol. The Bertz CT molecular complexity index is 236. The number of rotatable bonds is 2. The third-order valence-corrected chi connectivity index (χ3v) is 3.88. The molecule has 0 bridgehead atoms. The van der Waals surface area contributed by atoms with E-state index in [1.807, 2.05) is 0 Å². The molecule has 2 saturated heterocycles. The number of amides is 2. The number of urea groups is 1. The lowest BCUT2D eigenvalue weighted by Crippen LogP contribution is -2.44. The van der Waals surface area contributed by atoms with Gasteiger partial charge in [0.1, 0.15) is 0 Å². The van der Waals surface area contributed by atoms with Crippen molar-refractivity contribution >= 4 is 6.03 Å². The van der Waals surface area contributed by atoms with E-state index >= 15 is 0 Å². The van der Waals surface area contributed by atoms with Gasteiger partial charge in [0.05, 0.1) is 0 Å². The van der Waals surface area contributed by atoms with Crippen LogP contribution >= 0.6 is 0 Å². The molecule has 2 heterocycles. The fraction of sp³-hybridized carbons (Fsp3) is 0.923. The molecule has 0 spiro atoms. The number of piperidine rings is 1. The van der Waals surface area contributed by atoms with Crippen LogP contribution < -0.4 is 0 Å². The molecule has 2 aliphatic heterocycles. The van der Waals surface area contributed by atoms with Crippen molar-refractivity contribution in [1.29, 1.82) is 0 Å². The van der Waals surface area contributed by atoms with E-state index in [0.29, 0.717) is 6.03 Å². The van der Waals surface area contributed by atoms with Crippen LogP contribution in [0.1, 0.15) is 45.4 Å². The first kappa shape index (κ1) is 11.7. The molecule has 0 radical (unpaired) electrons. The Labute approximate surface area is 98.8 Å². The lowest BCUT2D eigenvalue weighted by atomic mass is 10.0. The number of nitrogens with zero attached hydrogens (tertiary/aromatic N) is 2. The summed E-state index contributed by atoms with van der Waals surface area (Å²) in [4.78, 5) is 16.3. The predicted octanol–water partition coefficient (Wildman–Crippen LogP) is 2.71. The summed E-state index contributed by atoms with van der Waals surface area (Å²) in [6.07, 6.45) is 7.42. The average Bonchev–Trinajstić information content (AvgIpc) is 2.78. The third kappa shape index (κ3) is 2.69. The van der Waals surface area contributed by atoms with Crippen LogP contribution in [0.5, 0.6) is 0 Å². The molecule has 0 aromatic carbocycles. The Kier molecular flexibility index (Phi) is 4.08. The van der Waals surface area contributed by atoms with Gasteiger partial charge in [-0.1, -0.05) is 13.3 Å². The average molecular weight is 224 g/mol. The van der Waals surface area contributed by atoms with Crippen LogP contribution in [0.4, 0.5) is 4.79 Å². The Morgan fingerprint density at radius 1 is 1.12 bits per heavy atom. The molecule has 0 aliphatic carbocycles. The Morgan fingerprint density at radius 2 is 1.88 bits per heavy atom. The second kappa shape index (κ2) is 5.55. The molecular weight excluding hydrogens is 200 g/mol. The van der Waals surface area contributed by atoms with E-state index in [1.54, 1.807) is 0 Å². The fourth-order valence-corrected chi connectivity index (χ4v) is 2.94. The van der Waals surface area contributed by atoms with Crippen LogP contribution in [0.15, 0.2) is 0 Å². The van der Waals surface area contributed by atoms with Gasteiger partial charge >= 0.3 is 6.03 Å². The third-order valence-electron chi connectivity index (χ3n) is 3.88. The van der Waals surface area contributed by atoms with Crippen molar-refractivity contribution in [2.75, 3.05) is 26.2 Å². The van der Waals surface area contributed by atoms with E-state index in [0.717, 1.165) is 32.1 Å². The molecule has 1 atom stereocenters. The van der Waals surface area contributed by atoms with Crippen LogP contribution in [0, 0.1) is 5.92 Å². The molecule has 1 unspecified atom stereocenters. The lowest BCUT2D eigenvalue weighted by molar-refractivity contribution is 0.151. The highest BCUT2D eigenvalue weighted by molar-refractivity contribution is 5.74. The van der Waals surface area contributed by atoms with Crippen LogP contribution in [-0.2, 0) is 0 Å². The minimum Gasteiger partial charge on any atom is -0.325 e. The number of carbonyl (C=O) groups excluding carboxylic acids is 1. The summed E-state index contributed by atoms with van der Waals surface area (Å²) in [6, 6.07) is 0.304. The summed E-state index contributed by atoms with van der Waals surface area (Å²) in [7, 11) is 0. The van der Waals surface area contributed by atoms with Crippen molar-refractivity contribution in [3.63, 3.8) is 0 Å². The van der Waals surface area contributed by atoms with Gasteiger partial charge in [0.2, 0.25) is 0 Å². The summed E-state index contributed by atoms with van der Waals surface area (Å²) in [6.45, 7) is 6.18. The summed E-state index contributed by atoms with van der Waals surface area (Å²) >= 11 is 0. The zero-order valence-corrected chi connectivity index (χ0v) is 10.5. The maximum absolute atomic E-state index is 12.2. The summed E-state index contributed by atoms with van der Waals surface area (Å²) < 4.78 is 0. The second-order valence-electron chi connectivity index (χ2n) is 5.22. The molecule has 2 rings (SSSR count). The van der Waals surface area contributed by atoms with Crippen LogP contribution in [0.3, 0.4) is 0 Å². The molecule has 0 N–H and O–H groups in total. The van der Waals surface area contributed by atoms with Gasteiger partial charge in [0.15, 0.2) is 0 Å². The molecule has 3 heteroatoms. The van der Waals surface area contributed by atoms with Gasteiger partial charge in [-0.05, 0) is 38.0 Å². The minimum absolute atomic E-state index is 0.304. The van der Waals surface area contributed by atoms with Crippen LogP contribution in [0.25, 0.3) is 0 Å². The van der Waals surface area contributed by atoms with Gasteiger partial charge in [0, 0.05) is 26.2 Å². The van der Waals surface area contributed by atoms with Crippen molar-refractivity contribution in [3.8, 4) is 0 Å². The van der Waals surface area contributed by atoms with Gasteiger partial charge in [0.25, 0.3) is 0 Å². The molecular formula is C13H24N2O. The molecule has 2 aliphatic rings. The first-order chi connectivity index (χ1) is 7.81. The molecule has 2 amide bonds. The van der Waals surface area contributed by atoms with Crippen molar-refractivity contribution < 1.29 is 4.79 Å². The number of hydrogen-bond acceptors (Lipinski definition) is 1. The van der Waals surface area contributed by atoms with Crippen LogP contribution in [-0.4, -0.2) is 42.0 Å². The van der Waals surface area contributed by atoms with Crippen molar-refractivity contribution in [2.45, 2.75) is 45.4 Å². The van der Waals surface area contributed by atoms with Gasteiger partial charge < -0.3 is 9.80 Å². The first-order valence-corrected chi connectivity index (χ1v) is 6.85. The molecule has 0 aromatic heterocycles. The van der Waals surface area contributed by atoms with Crippen molar-refractivity contribution in [1.82, 2.24) is 9.80 Å². The van der Waals surface area contributed by atoms with E-state index in [9.17, 15) is 4.79 Å². The SMILES string of the molecule is CCCC1CCN(C(=O)N2CCCCC2)C1. The zero-order valence-electron chi connectivity index (χ0n) is 10.5. The predicted molar refractivity (Wildman–Crippen MR) is 65.4 cm³/mol. The van der Waals surface area contributed by atoms with Gasteiger partial charge in [-0.2, -0.15) is 0 Å². The van der Waals surface area contributed by atoms with Gasteiger partial charge in [-0.25, -0.2) is 4.79 Å². The smallest absolute Gasteiger partial charge is 0.320 e. The highest BCUT2D eigenvalue weighted by Crippen LogP contribution is 2.22. The highest BCUT2D eigenvalue weighted by atomic mass is 16.2. The summed E-state index contributed by atoms with van der Waals surface area (Å²) in [5.41, 5.74) is 0. The molecule has 16 heavy (non-hydrogen) atoms. The van der Waals surface area contributed by atoms with E-state index in [1.165, 1.54) is 38.5 Å². The Morgan fingerprint density at radius 3 is 2.56 bits per heavy atom. The second-order valence-corrected chi connectivity index (χ2v) is 5.22. The molecule has 92 valence electrons. The van der Waals surface area contributed by atoms with E-state index in [4.69, 9.17) is 0 Å². The molecule has 2 fully saturated rings. The molecule has 0 saturated carbocycles. The quantitative estimate of drug-likeness (QED) is 0.707. The fourth-order valence-electron chi connectivity index (χ4n) is 2.94. The summed E-state index contributed by atoms with van der Waals surface area (Å²) in [5, 5.41) is 0. The standard InChI is InChI=1S/C13H24N2O/c1-2-6-12-7-10-15(11-12)13(16)14-8-4-3-5-9-14/h12H,2-11H2,1H3. The van der Waals surface area contributed by atoms with Crippen molar-refractivity contribution in [3.05, 3.63) is 0 Å². The van der Waals surface area contributed by atoms with Crippen molar-refractivity contribution in [2.24, 2.45) is 5.92 Å². The normalized spacial score (nSPS) is 26.2. The molecule has 3 nitrogen and oxygen atoms in total. The Balaban J connectivity index is 1.81. The largest absolute Gasteiger partial charge is 0.325 e. The van der Waals surface area contributed by atoms with Crippen LogP contribution in [0.2, 0.25) is 0 Å². The van der Waals surface area contributed by atoms with E-state index in [-0.39, 0.29) is 0 Å².